The molecule has 2 nitrogen and oxygen atoms in total. The lowest BCUT2D eigenvalue weighted by atomic mass is 10.1. The molecule has 76 valence electrons. The Kier molecular flexibility index (Phi) is 3.19. The van der Waals surface area contributed by atoms with Crippen LogP contribution in [0.4, 0.5) is 5.69 Å². The number of thioether (sulfide) groups is 1. The Balaban J connectivity index is 1.92. The molecular weight excluding hydrogens is 194 g/mol. The summed E-state index contributed by atoms with van der Waals surface area (Å²) < 4.78 is 0. The van der Waals surface area contributed by atoms with Crippen LogP contribution in [0, 0.1) is 0 Å². The fourth-order valence-electron chi connectivity index (χ4n) is 1.64. The molecule has 1 aromatic rings. The van der Waals surface area contributed by atoms with E-state index in [0.29, 0.717) is 11.8 Å². The van der Waals surface area contributed by atoms with Crippen molar-refractivity contribution in [2.24, 2.45) is 0 Å². The van der Waals surface area contributed by atoms with E-state index in [1.807, 2.05) is 23.9 Å². The number of aromatic hydroxyl groups is 1. The van der Waals surface area contributed by atoms with E-state index in [1.165, 1.54) is 24.3 Å². The number of hydrogen-bond acceptors (Lipinski definition) is 3. The third kappa shape index (κ3) is 2.58. The predicted molar refractivity (Wildman–Crippen MR) is 62.1 cm³/mol. The normalized spacial score (nSPS) is 18.0. The number of hydrogen-bond donors (Lipinski definition) is 2. The van der Waals surface area contributed by atoms with Crippen LogP contribution in [-0.2, 0) is 0 Å². The zero-order chi connectivity index (χ0) is 9.80. The molecule has 0 saturated carbocycles. The smallest absolute Gasteiger partial charge is 0.115 e. The topological polar surface area (TPSA) is 32.3 Å². The monoisotopic (exact) mass is 209 g/mol. The summed E-state index contributed by atoms with van der Waals surface area (Å²) in [6, 6.07) is 7.91. The molecule has 0 bridgehead atoms. The zero-order valence-electron chi connectivity index (χ0n) is 8.07. The van der Waals surface area contributed by atoms with Crippen molar-refractivity contribution in [3.8, 4) is 5.75 Å². The molecule has 1 aromatic carbocycles. The van der Waals surface area contributed by atoms with Gasteiger partial charge in [0.1, 0.15) is 5.75 Å². The van der Waals surface area contributed by atoms with E-state index >= 15 is 0 Å². The summed E-state index contributed by atoms with van der Waals surface area (Å²) >= 11 is 2.03. The number of benzene rings is 1. The van der Waals surface area contributed by atoms with Crippen molar-refractivity contribution in [1.29, 1.82) is 0 Å². The first-order valence-electron chi connectivity index (χ1n) is 4.98. The average molecular weight is 209 g/mol. The van der Waals surface area contributed by atoms with E-state index < -0.39 is 0 Å². The lowest BCUT2D eigenvalue weighted by Crippen LogP contribution is -2.24. The van der Waals surface area contributed by atoms with Crippen molar-refractivity contribution in [1.82, 2.24) is 0 Å². The molecule has 1 fully saturated rings. The minimum Gasteiger partial charge on any atom is -0.508 e. The van der Waals surface area contributed by atoms with Crippen LogP contribution < -0.4 is 5.32 Å². The van der Waals surface area contributed by atoms with Crippen LogP contribution in [0.3, 0.4) is 0 Å². The third-order valence-corrected chi connectivity index (χ3v) is 3.51. The Morgan fingerprint density at radius 1 is 1.14 bits per heavy atom. The zero-order valence-corrected chi connectivity index (χ0v) is 8.89. The van der Waals surface area contributed by atoms with Crippen LogP contribution >= 0.6 is 11.8 Å². The van der Waals surface area contributed by atoms with Gasteiger partial charge in [0.15, 0.2) is 0 Å². The quantitative estimate of drug-likeness (QED) is 0.734. The van der Waals surface area contributed by atoms with Gasteiger partial charge in [-0.25, -0.2) is 0 Å². The summed E-state index contributed by atoms with van der Waals surface area (Å²) in [5.41, 5.74) is 1.11. The van der Waals surface area contributed by atoms with Crippen LogP contribution in [0.1, 0.15) is 12.8 Å². The number of phenols is 1. The van der Waals surface area contributed by atoms with Gasteiger partial charge in [0, 0.05) is 11.7 Å². The van der Waals surface area contributed by atoms with E-state index in [-0.39, 0.29) is 0 Å². The highest BCUT2D eigenvalue weighted by Crippen LogP contribution is 2.21. The van der Waals surface area contributed by atoms with E-state index in [9.17, 15) is 0 Å². The van der Waals surface area contributed by atoms with Crippen LogP contribution in [0.25, 0.3) is 0 Å². The van der Waals surface area contributed by atoms with Gasteiger partial charge in [0.05, 0.1) is 0 Å². The molecule has 3 heteroatoms. The van der Waals surface area contributed by atoms with Gasteiger partial charge in [0.25, 0.3) is 0 Å². The summed E-state index contributed by atoms with van der Waals surface area (Å²) in [5, 5.41) is 12.6. The van der Waals surface area contributed by atoms with Crippen molar-refractivity contribution in [2.75, 3.05) is 16.8 Å². The molecular formula is C11H15NOS. The van der Waals surface area contributed by atoms with Crippen molar-refractivity contribution in [3.05, 3.63) is 24.3 Å². The minimum atomic E-state index is 0.328. The largest absolute Gasteiger partial charge is 0.508 e. The second-order valence-electron chi connectivity index (χ2n) is 3.58. The van der Waals surface area contributed by atoms with Crippen LogP contribution in [0.15, 0.2) is 24.3 Å². The van der Waals surface area contributed by atoms with Crippen LogP contribution in [-0.4, -0.2) is 22.7 Å². The van der Waals surface area contributed by atoms with Crippen molar-refractivity contribution < 1.29 is 5.11 Å². The van der Waals surface area contributed by atoms with E-state index in [1.54, 1.807) is 12.1 Å². The lowest BCUT2D eigenvalue weighted by molar-refractivity contribution is 0.475. The summed E-state index contributed by atoms with van der Waals surface area (Å²) in [5.74, 6) is 2.85. The first kappa shape index (κ1) is 9.71. The molecule has 0 unspecified atom stereocenters. The van der Waals surface area contributed by atoms with E-state index in [0.717, 1.165) is 5.69 Å². The second kappa shape index (κ2) is 4.60. The maximum Gasteiger partial charge on any atom is 0.115 e. The third-order valence-electron chi connectivity index (χ3n) is 2.46. The van der Waals surface area contributed by atoms with E-state index in [2.05, 4.69) is 5.32 Å². The molecule has 1 heterocycles. The molecule has 1 aliphatic heterocycles. The number of anilines is 1. The van der Waals surface area contributed by atoms with Gasteiger partial charge in [-0.3, -0.25) is 0 Å². The molecule has 0 aromatic heterocycles. The molecule has 0 atom stereocenters. The maximum absolute atomic E-state index is 9.13. The Labute approximate surface area is 88.7 Å². The Morgan fingerprint density at radius 3 is 2.43 bits per heavy atom. The fourth-order valence-corrected chi connectivity index (χ4v) is 2.74. The summed E-state index contributed by atoms with van der Waals surface area (Å²) in [6.07, 6.45) is 2.48. The van der Waals surface area contributed by atoms with Gasteiger partial charge >= 0.3 is 0 Å². The first-order chi connectivity index (χ1) is 6.84. The molecule has 0 radical (unpaired) electrons. The molecule has 0 aliphatic carbocycles. The number of phenolic OH excluding ortho intramolecular Hbond substituents is 1. The molecule has 14 heavy (non-hydrogen) atoms. The van der Waals surface area contributed by atoms with Gasteiger partial charge in [-0.2, -0.15) is 11.8 Å². The minimum absolute atomic E-state index is 0.328. The SMILES string of the molecule is Oc1ccc(NC2CCSCC2)cc1. The molecule has 2 rings (SSSR count). The van der Waals surface area contributed by atoms with Crippen molar-refractivity contribution in [3.63, 3.8) is 0 Å². The Hall–Kier alpha value is -0.830. The number of nitrogens with one attached hydrogen (secondary N) is 1. The number of rotatable bonds is 2. The second-order valence-corrected chi connectivity index (χ2v) is 4.80. The molecule has 1 aliphatic rings. The highest BCUT2D eigenvalue weighted by molar-refractivity contribution is 7.99. The highest BCUT2D eigenvalue weighted by Gasteiger charge is 2.12. The van der Waals surface area contributed by atoms with Gasteiger partial charge in [0.2, 0.25) is 0 Å². The maximum atomic E-state index is 9.13. The predicted octanol–water partition coefficient (Wildman–Crippen LogP) is 2.70. The van der Waals surface area contributed by atoms with Crippen LogP contribution in [0.5, 0.6) is 5.75 Å². The Morgan fingerprint density at radius 2 is 1.79 bits per heavy atom. The molecule has 1 saturated heterocycles. The summed E-state index contributed by atoms with van der Waals surface area (Å²) in [6.45, 7) is 0. The average Bonchev–Trinajstić information content (AvgIpc) is 2.23. The lowest BCUT2D eigenvalue weighted by Gasteiger charge is -2.23. The Bertz CT molecular complexity index is 280. The summed E-state index contributed by atoms with van der Waals surface area (Å²) in [4.78, 5) is 0. The highest BCUT2D eigenvalue weighted by atomic mass is 32.2. The molecule has 0 amide bonds. The van der Waals surface area contributed by atoms with E-state index in [4.69, 9.17) is 5.11 Å². The van der Waals surface area contributed by atoms with Crippen molar-refractivity contribution in [2.45, 2.75) is 18.9 Å². The molecule has 0 spiro atoms. The van der Waals surface area contributed by atoms with Crippen molar-refractivity contribution >= 4 is 17.4 Å². The van der Waals surface area contributed by atoms with Gasteiger partial charge in [-0.05, 0) is 48.6 Å². The standard InChI is InChI=1S/C11H15NOS/c13-11-3-1-9(2-4-11)12-10-5-7-14-8-6-10/h1-4,10,12-13H,5-8H2. The van der Waals surface area contributed by atoms with Gasteiger partial charge < -0.3 is 10.4 Å². The first-order valence-corrected chi connectivity index (χ1v) is 6.13. The van der Waals surface area contributed by atoms with Gasteiger partial charge in [-0.15, -0.1) is 0 Å². The summed E-state index contributed by atoms with van der Waals surface area (Å²) in [7, 11) is 0. The van der Waals surface area contributed by atoms with Gasteiger partial charge in [-0.1, -0.05) is 0 Å². The molecule has 2 N–H and O–H groups in total. The fraction of sp³-hybridized carbons (Fsp3) is 0.455. The van der Waals surface area contributed by atoms with Crippen LogP contribution in [0.2, 0.25) is 0 Å².